The van der Waals surface area contributed by atoms with Gasteiger partial charge in [0.05, 0.1) is 12.9 Å². The summed E-state index contributed by atoms with van der Waals surface area (Å²) in [6, 6.07) is 21.9. The third kappa shape index (κ3) is 8.70. The molecule has 0 aliphatic rings. The van der Waals surface area contributed by atoms with E-state index in [0.717, 1.165) is 16.7 Å². The van der Waals surface area contributed by atoms with Crippen molar-refractivity contribution in [1.29, 1.82) is 0 Å². The molecule has 0 saturated carbocycles. The number of benzene rings is 3. The molecule has 0 bridgehead atoms. The topological polar surface area (TPSA) is 58.6 Å². The van der Waals surface area contributed by atoms with Gasteiger partial charge in [0.1, 0.15) is 11.8 Å². The van der Waals surface area contributed by atoms with E-state index >= 15 is 0 Å². The number of nitrogens with zero attached hydrogens (tertiary/aromatic N) is 1. The fourth-order valence-corrected chi connectivity index (χ4v) is 5.54. The molecule has 0 aliphatic carbocycles. The molecule has 0 radical (unpaired) electrons. The maximum Gasteiger partial charge on any atom is 0.243 e. The number of nitrogens with one attached hydrogen (secondary N) is 1. The SMILES string of the molecule is COc1cccc(CN(C(=O)CSCc2c(Cl)cccc2Cl)[C@H](Cc2ccccc2)C(=O)NC(C)C)c1. The molecule has 196 valence electrons. The lowest BCUT2D eigenvalue weighted by atomic mass is 10.0. The Kier molecular flexibility index (Phi) is 11.2. The third-order valence-electron chi connectivity index (χ3n) is 5.72. The van der Waals surface area contributed by atoms with Gasteiger partial charge < -0.3 is 15.0 Å². The lowest BCUT2D eigenvalue weighted by Gasteiger charge is -2.32. The molecule has 0 heterocycles. The second-order valence-corrected chi connectivity index (χ2v) is 10.7. The van der Waals surface area contributed by atoms with E-state index in [-0.39, 0.29) is 30.2 Å². The number of carbonyl (C=O) groups excluding carboxylic acids is 2. The fraction of sp³-hybridized carbons (Fsp3) is 0.310. The van der Waals surface area contributed by atoms with Crippen molar-refractivity contribution >= 4 is 46.8 Å². The average Bonchev–Trinajstić information content (AvgIpc) is 2.88. The van der Waals surface area contributed by atoms with E-state index < -0.39 is 6.04 Å². The van der Waals surface area contributed by atoms with Crippen molar-refractivity contribution in [3.8, 4) is 5.75 Å². The van der Waals surface area contributed by atoms with Crippen LogP contribution in [0.1, 0.15) is 30.5 Å². The normalized spacial score (nSPS) is 11.7. The lowest BCUT2D eigenvalue weighted by Crippen LogP contribution is -2.52. The maximum atomic E-state index is 13.7. The Balaban J connectivity index is 1.88. The van der Waals surface area contributed by atoms with E-state index in [0.29, 0.717) is 28.0 Å². The molecule has 8 heteroatoms. The Morgan fingerprint density at radius 3 is 2.24 bits per heavy atom. The van der Waals surface area contributed by atoms with Crippen LogP contribution in [0.4, 0.5) is 0 Å². The van der Waals surface area contributed by atoms with Crippen molar-refractivity contribution in [3.63, 3.8) is 0 Å². The van der Waals surface area contributed by atoms with Crippen molar-refractivity contribution in [2.24, 2.45) is 0 Å². The number of amides is 2. The molecule has 2 amide bonds. The minimum atomic E-state index is -0.687. The van der Waals surface area contributed by atoms with Gasteiger partial charge in [-0.2, -0.15) is 0 Å². The number of ether oxygens (including phenoxy) is 1. The highest BCUT2D eigenvalue weighted by Crippen LogP contribution is 2.29. The molecule has 0 saturated heterocycles. The van der Waals surface area contributed by atoms with Crippen molar-refractivity contribution in [2.45, 2.75) is 44.6 Å². The summed E-state index contributed by atoms with van der Waals surface area (Å²) in [5, 5.41) is 4.14. The van der Waals surface area contributed by atoms with E-state index in [4.69, 9.17) is 27.9 Å². The van der Waals surface area contributed by atoms with Crippen molar-refractivity contribution in [2.75, 3.05) is 12.9 Å². The minimum absolute atomic E-state index is 0.0590. The molecule has 3 aromatic rings. The molecule has 0 aliphatic heterocycles. The van der Waals surface area contributed by atoms with Crippen molar-refractivity contribution in [3.05, 3.63) is 99.5 Å². The lowest BCUT2D eigenvalue weighted by molar-refractivity contribution is -0.139. The van der Waals surface area contributed by atoms with Crippen LogP contribution in [0.5, 0.6) is 5.75 Å². The molecule has 0 aromatic heterocycles. The number of rotatable bonds is 12. The number of hydrogen-bond donors (Lipinski definition) is 1. The number of carbonyl (C=O) groups is 2. The van der Waals surface area contributed by atoms with Crippen molar-refractivity contribution in [1.82, 2.24) is 10.2 Å². The molecule has 1 atom stereocenters. The predicted octanol–water partition coefficient (Wildman–Crippen LogP) is 6.40. The molecule has 5 nitrogen and oxygen atoms in total. The summed E-state index contributed by atoms with van der Waals surface area (Å²) in [5.74, 6) is 1.02. The Morgan fingerprint density at radius 2 is 1.59 bits per heavy atom. The molecular weight excluding hydrogens is 527 g/mol. The molecular formula is C29H32Cl2N2O3S. The summed E-state index contributed by atoms with van der Waals surface area (Å²) < 4.78 is 5.38. The molecule has 0 unspecified atom stereocenters. The summed E-state index contributed by atoms with van der Waals surface area (Å²) in [4.78, 5) is 28.8. The second-order valence-electron chi connectivity index (χ2n) is 8.93. The maximum absolute atomic E-state index is 13.7. The van der Waals surface area contributed by atoms with Gasteiger partial charge >= 0.3 is 0 Å². The first-order valence-corrected chi connectivity index (χ1v) is 14.0. The van der Waals surface area contributed by atoms with E-state index in [2.05, 4.69) is 5.32 Å². The number of methoxy groups -OCH3 is 1. The summed E-state index contributed by atoms with van der Waals surface area (Å²) >= 11 is 14.1. The van der Waals surface area contributed by atoms with E-state index in [1.165, 1.54) is 11.8 Å². The Bertz CT molecular complexity index is 1170. The van der Waals surface area contributed by atoms with Crippen LogP contribution in [0.3, 0.4) is 0 Å². The zero-order valence-corrected chi connectivity index (χ0v) is 23.6. The first-order chi connectivity index (χ1) is 17.8. The van der Waals surface area contributed by atoms with Crippen LogP contribution in [0.15, 0.2) is 72.8 Å². The Morgan fingerprint density at radius 1 is 0.946 bits per heavy atom. The van der Waals surface area contributed by atoms with Gasteiger partial charge in [0.25, 0.3) is 0 Å². The average molecular weight is 560 g/mol. The van der Waals surface area contributed by atoms with Gasteiger partial charge in [-0.1, -0.05) is 71.7 Å². The van der Waals surface area contributed by atoms with Gasteiger partial charge in [-0.25, -0.2) is 0 Å². The highest BCUT2D eigenvalue weighted by atomic mass is 35.5. The van der Waals surface area contributed by atoms with Gasteiger partial charge in [0.15, 0.2) is 0 Å². The molecule has 3 rings (SSSR count). The largest absolute Gasteiger partial charge is 0.497 e. The van der Waals surface area contributed by atoms with Crippen molar-refractivity contribution < 1.29 is 14.3 Å². The van der Waals surface area contributed by atoms with Crippen LogP contribution < -0.4 is 10.1 Å². The first kappa shape index (κ1) is 28.9. The Hall–Kier alpha value is -2.67. The number of halogens is 2. The van der Waals surface area contributed by atoms with Crippen LogP contribution in [0.2, 0.25) is 10.0 Å². The smallest absolute Gasteiger partial charge is 0.243 e. The first-order valence-electron chi connectivity index (χ1n) is 12.1. The third-order valence-corrected chi connectivity index (χ3v) is 7.37. The molecule has 37 heavy (non-hydrogen) atoms. The number of hydrogen-bond acceptors (Lipinski definition) is 4. The quantitative estimate of drug-likeness (QED) is 0.279. The number of thioether (sulfide) groups is 1. The van der Waals surface area contributed by atoms with Gasteiger partial charge in [0, 0.05) is 34.8 Å². The summed E-state index contributed by atoms with van der Waals surface area (Å²) in [6.07, 6.45) is 0.399. The van der Waals surface area contributed by atoms with E-state index in [1.54, 1.807) is 30.2 Å². The molecule has 3 aromatic carbocycles. The predicted molar refractivity (Wildman–Crippen MR) is 153 cm³/mol. The molecule has 0 spiro atoms. The minimum Gasteiger partial charge on any atom is -0.497 e. The van der Waals surface area contributed by atoms with E-state index in [9.17, 15) is 9.59 Å². The standard InChI is InChI=1S/C29H32Cl2N2O3S/c1-20(2)32-29(35)27(16-21-9-5-4-6-10-21)33(17-22-11-7-12-23(15-22)36-3)28(34)19-37-18-24-25(30)13-8-14-26(24)31/h4-15,20,27H,16-19H2,1-3H3,(H,32,35)/t27-/m1/s1. The zero-order valence-electron chi connectivity index (χ0n) is 21.2. The van der Waals surface area contributed by atoms with E-state index in [1.807, 2.05) is 68.4 Å². The van der Waals surface area contributed by atoms with Crippen LogP contribution in [-0.2, 0) is 28.3 Å². The van der Waals surface area contributed by atoms with Gasteiger partial charge in [-0.05, 0) is 54.8 Å². The highest BCUT2D eigenvalue weighted by Gasteiger charge is 2.30. The van der Waals surface area contributed by atoms with Crippen LogP contribution >= 0.6 is 35.0 Å². The van der Waals surface area contributed by atoms with Crippen LogP contribution in [-0.4, -0.2) is 41.7 Å². The highest BCUT2D eigenvalue weighted by molar-refractivity contribution is 7.99. The zero-order chi connectivity index (χ0) is 26.8. The fourth-order valence-electron chi connectivity index (χ4n) is 3.90. The van der Waals surface area contributed by atoms with Gasteiger partial charge in [-0.15, -0.1) is 11.8 Å². The van der Waals surface area contributed by atoms with Gasteiger partial charge in [-0.3, -0.25) is 9.59 Å². The Labute approximate surface area is 233 Å². The van der Waals surface area contributed by atoms with Crippen LogP contribution in [0.25, 0.3) is 0 Å². The van der Waals surface area contributed by atoms with Gasteiger partial charge in [0.2, 0.25) is 11.8 Å². The van der Waals surface area contributed by atoms with Crippen LogP contribution in [0, 0.1) is 0 Å². The monoisotopic (exact) mass is 558 g/mol. The second kappa shape index (κ2) is 14.3. The summed E-state index contributed by atoms with van der Waals surface area (Å²) in [6.45, 7) is 4.09. The summed E-state index contributed by atoms with van der Waals surface area (Å²) in [7, 11) is 1.60. The molecule has 1 N–H and O–H groups in total. The summed E-state index contributed by atoms with van der Waals surface area (Å²) in [5.41, 5.74) is 2.65. The molecule has 0 fully saturated rings.